The second kappa shape index (κ2) is 10.1. The Labute approximate surface area is 222 Å². The molecule has 2 bridgehead atoms. The first-order chi connectivity index (χ1) is 18.8. The molecule has 3 atom stereocenters. The van der Waals surface area contributed by atoms with Crippen molar-refractivity contribution in [3.8, 4) is 17.0 Å². The minimum absolute atomic E-state index is 0.0440. The number of piperidine rings is 1. The standard InChI is InChI=1S/C27H27F3N4O5/c1-36-26(35)21-12-32-23(13-31-21)34-16-8-9-17(34)11-18(10-16)37-14-20-24(33-39-25(20)15-6-7-15)19-4-2-3-5-22(19)38-27(28,29)30/h2-5,12-13,15-18H,6-11,14H2,1H3/t16-,17?,18?/m0/s1. The molecule has 3 aliphatic rings. The third kappa shape index (κ3) is 5.29. The van der Waals surface area contributed by atoms with Gasteiger partial charge in [0.05, 0.1) is 32.2 Å². The maximum Gasteiger partial charge on any atom is 0.573 e. The Morgan fingerprint density at radius 3 is 2.46 bits per heavy atom. The number of benzene rings is 1. The number of nitrogens with zero attached hydrogens (tertiary/aromatic N) is 4. The van der Waals surface area contributed by atoms with Gasteiger partial charge in [0.1, 0.15) is 23.0 Å². The van der Waals surface area contributed by atoms with Gasteiger partial charge in [-0.3, -0.25) is 0 Å². The minimum Gasteiger partial charge on any atom is -0.464 e. The van der Waals surface area contributed by atoms with Crippen molar-refractivity contribution in [1.82, 2.24) is 15.1 Å². The Hall–Kier alpha value is -3.67. The van der Waals surface area contributed by atoms with Gasteiger partial charge in [-0.1, -0.05) is 17.3 Å². The monoisotopic (exact) mass is 544 g/mol. The number of methoxy groups -OCH3 is 1. The summed E-state index contributed by atoms with van der Waals surface area (Å²) in [5.41, 5.74) is 1.37. The summed E-state index contributed by atoms with van der Waals surface area (Å²) in [7, 11) is 1.30. The summed E-state index contributed by atoms with van der Waals surface area (Å²) in [6.45, 7) is 0.183. The molecule has 3 fully saturated rings. The van der Waals surface area contributed by atoms with Gasteiger partial charge in [-0.15, -0.1) is 13.2 Å². The van der Waals surface area contributed by atoms with Crippen LogP contribution >= 0.6 is 0 Å². The average Bonchev–Trinajstić information content (AvgIpc) is 3.62. The summed E-state index contributed by atoms with van der Waals surface area (Å²) >= 11 is 0. The van der Waals surface area contributed by atoms with Crippen molar-refractivity contribution in [2.75, 3.05) is 12.0 Å². The molecular weight excluding hydrogens is 517 g/mol. The number of esters is 1. The molecular formula is C27H27F3N4O5. The molecule has 2 unspecified atom stereocenters. The Bertz CT molecular complexity index is 1330. The normalized spacial score (nSPS) is 22.7. The molecule has 4 heterocycles. The van der Waals surface area contributed by atoms with Gasteiger partial charge in [-0.05, 0) is 50.7 Å². The van der Waals surface area contributed by atoms with Crippen molar-refractivity contribution in [1.29, 1.82) is 0 Å². The third-order valence-electron chi connectivity index (χ3n) is 7.59. The van der Waals surface area contributed by atoms with Crippen molar-refractivity contribution < 1.29 is 36.7 Å². The van der Waals surface area contributed by atoms with Crippen LogP contribution in [0.15, 0.2) is 41.2 Å². The molecule has 0 radical (unpaired) electrons. The number of carbonyl (C=O) groups excluding carboxylic acids is 1. The Morgan fingerprint density at radius 1 is 1.08 bits per heavy atom. The molecule has 0 N–H and O–H groups in total. The van der Waals surface area contributed by atoms with E-state index in [9.17, 15) is 18.0 Å². The van der Waals surface area contributed by atoms with Crippen molar-refractivity contribution in [3.05, 3.63) is 53.7 Å². The minimum atomic E-state index is -4.83. The predicted octanol–water partition coefficient (Wildman–Crippen LogP) is 5.41. The fourth-order valence-electron chi connectivity index (χ4n) is 5.72. The fraction of sp³-hybridized carbons (Fsp3) is 0.481. The van der Waals surface area contributed by atoms with Gasteiger partial charge < -0.3 is 23.6 Å². The van der Waals surface area contributed by atoms with Crippen LogP contribution in [-0.2, 0) is 16.1 Å². The molecule has 9 nitrogen and oxygen atoms in total. The van der Waals surface area contributed by atoms with E-state index in [-0.39, 0.29) is 47.7 Å². The average molecular weight is 545 g/mol. The highest BCUT2D eigenvalue weighted by Gasteiger charge is 2.42. The van der Waals surface area contributed by atoms with Crippen molar-refractivity contribution in [2.45, 2.75) is 75.6 Å². The van der Waals surface area contributed by atoms with E-state index >= 15 is 0 Å². The summed E-state index contributed by atoms with van der Waals surface area (Å²) < 4.78 is 60.2. The number of rotatable bonds is 8. The van der Waals surface area contributed by atoms with E-state index in [1.54, 1.807) is 18.3 Å². The number of fused-ring (bicyclic) bond motifs is 2. The zero-order chi connectivity index (χ0) is 27.1. The van der Waals surface area contributed by atoms with Crippen molar-refractivity contribution in [3.63, 3.8) is 0 Å². The first kappa shape index (κ1) is 25.6. The molecule has 1 saturated carbocycles. The van der Waals surface area contributed by atoms with E-state index < -0.39 is 12.3 Å². The summed E-state index contributed by atoms with van der Waals surface area (Å²) in [5, 5.41) is 4.16. The van der Waals surface area contributed by atoms with Crippen molar-refractivity contribution >= 4 is 11.8 Å². The van der Waals surface area contributed by atoms with E-state index in [4.69, 9.17) is 14.0 Å². The highest BCUT2D eigenvalue weighted by Crippen LogP contribution is 2.46. The van der Waals surface area contributed by atoms with E-state index in [0.717, 1.165) is 38.5 Å². The number of alkyl halides is 3. The van der Waals surface area contributed by atoms with Crippen LogP contribution in [-0.4, -0.2) is 52.8 Å². The van der Waals surface area contributed by atoms with Gasteiger partial charge in [0.15, 0.2) is 5.69 Å². The predicted molar refractivity (Wildman–Crippen MR) is 131 cm³/mol. The summed E-state index contributed by atoms with van der Waals surface area (Å²) in [4.78, 5) is 22.6. The first-order valence-corrected chi connectivity index (χ1v) is 12.9. The SMILES string of the molecule is COC(=O)c1cnc(N2C3CC[C@H]2CC(OCc2c(-c4ccccc4OC(F)(F)F)noc2C2CC2)C3)cn1. The smallest absolute Gasteiger partial charge is 0.464 e. The van der Waals surface area contributed by atoms with E-state index in [1.807, 2.05) is 0 Å². The molecule has 0 amide bonds. The second-order valence-electron chi connectivity index (χ2n) is 10.1. The van der Waals surface area contributed by atoms with E-state index in [2.05, 4.69) is 24.8 Å². The van der Waals surface area contributed by atoms with Crippen LogP contribution in [0, 0.1) is 0 Å². The number of anilines is 1. The topological polar surface area (TPSA) is 99.8 Å². The lowest BCUT2D eigenvalue weighted by Crippen LogP contribution is -2.46. The van der Waals surface area contributed by atoms with Crippen LogP contribution in [0.3, 0.4) is 0 Å². The van der Waals surface area contributed by atoms with E-state index in [1.165, 1.54) is 25.4 Å². The molecule has 2 saturated heterocycles. The summed E-state index contributed by atoms with van der Waals surface area (Å²) in [6.07, 6.45) is 3.55. The van der Waals surface area contributed by atoms with Gasteiger partial charge >= 0.3 is 12.3 Å². The Kier molecular flexibility index (Phi) is 6.66. The fourth-order valence-corrected chi connectivity index (χ4v) is 5.72. The zero-order valence-electron chi connectivity index (χ0n) is 21.2. The largest absolute Gasteiger partial charge is 0.573 e. The zero-order valence-corrected chi connectivity index (χ0v) is 21.2. The number of ether oxygens (including phenoxy) is 3. The van der Waals surface area contributed by atoms with Crippen LogP contribution in [0.1, 0.15) is 66.3 Å². The van der Waals surface area contributed by atoms with Crippen molar-refractivity contribution in [2.24, 2.45) is 0 Å². The molecule has 206 valence electrons. The van der Waals surface area contributed by atoms with E-state index in [0.29, 0.717) is 22.8 Å². The molecule has 1 aromatic carbocycles. The van der Waals surface area contributed by atoms with Crippen LogP contribution in [0.2, 0.25) is 0 Å². The third-order valence-corrected chi connectivity index (χ3v) is 7.59. The summed E-state index contributed by atoms with van der Waals surface area (Å²) in [6, 6.07) is 6.36. The number of carbonyl (C=O) groups is 1. The highest BCUT2D eigenvalue weighted by atomic mass is 19.4. The Balaban J connectivity index is 1.18. The van der Waals surface area contributed by atoms with Gasteiger partial charge in [-0.2, -0.15) is 0 Å². The molecule has 3 aromatic rings. The lowest BCUT2D eigenvalue weighted by Gasteiger charge is -2.39. The molecule has 2 aromatic heterocycles. The number of aromatic nitrogens is 3. The number of halogens is 3. The maximum atomic E-state index is 13.1. The summed E-state index contributed by atoms with van der Waals surface area (Å²) in [5.74, 6) is 0.730. The van der Waals surface area contributed by atoms with Crippen LogP contribution < -0.4 is 9.64 Å². The Morgan fingerprint density at radius 2 is 1.82 bits per heavy atom. The maximum absolute atomic E-state index is 13.1. The quantitative estimate of drug-likeness (QED) is 0.345. The number of para-hydroxylation sites is 1. The molecule has 2 aliphatic heterocycles. The molecule has 6 rings (SSSR count). The second-order valence-corrected chi connectivity index (χ2v) is 10.1. The lowest BCUT2D eigenvalue weighted by molar-refractivity contribution is -0.274. The number of hydrogen-bond donors (Lipinski definition) is 0. The molecule has 0 spiro atoms. The highest BCUT2D eigenvalue weighted by molar-refractivity contribution is 5.86. The molecule has 1 aliphatic carbocycles. The molecule has 12 heteroatoms. The van der Waals surface area contributed by atoms with Gasteiger partial charge in [0, 0.05) is 29.1 Å². The number of hydrogen-bond acceptors (Lipinski definition) is 9. The van der Waals surface area contributed by atoms with Crippen LogP contribution in [0.25, 0.3) is 11.3 Å². The lowest BCUT2D eigenvalue weighted by atomic mass is 9.99. The van der Waals surface area contributed by atoms with Gasteiger partial charge in [0.25, 0.3) is 0 Å². The van der Waals surface area contributed by atoms with Gasteiger partial charge in [-0.25, -0.2) is 14.8 Å². The first-order valence-electron chi connectivity index (χ1n) is 12.9. The van der Waals surface area contributed by atoms with Gasteiger partial charge in [0.2, 0.25) is 0 Å². The van der Waals surface area contributed by atoms with Crippen LogP contribution in [0.4, 0.5) is 19.0 Å². The van der Waals surface area contributed by atoms with Crippen LogP contribution in [0.5, 0.6) is 5.75 Å². The molecule has 39 heavy (non-hydrogen) atoms.